The van der Waals surface area contributed by atoms with Crippen LogP contribution >= 0.6 is 23.4 Å². The Hall–Kier alpha value is -0.710. The molecule has 1 aliphatic rings. The molecule has 0 radical (unpaired) electrons. The molecule has 2 atom stereocenters. The number of piperidine rings is 1. The van der Waals surface area contributed by atoms with Gasteiger partial charge in [0, 0.05) is 25.7 Å². The van der Waals surface area contributed by atoms with Crippen LogP contribution in [0.15, 0.2) is 24.3 Å². The predicted octanol–water partition coefficient (Wildman–Crippen LogP) is 3.20. The summed E-state index contributed by atoms with van der Waals surface area (Å²) in [6.45, 7) is 2.22. The van der Waals surface area contributed by atoms with E-state index in [9.17, 15) is 4.79 Å². The lowest BCUT2D eigenvalue weighted by Crippen LogP contribution is -2.38. The average Bonchev–Trinajstić information content (AvgIpc) is 2.48. The van der Waals surface area contributed by atoms with Gasteiger partial charge < -0.3 is 9.80 Å². The summed E-state index contributed by atoms with van der Waals surface area (Å²) in [7, 11) is 5.81. The van der Waals surface area contributed by atoms with Gasteiger partial charge in [0.25, 0.3) is 0 Å². The van der Waals surface area contributed by atoms with Crippen molar-refractivity contribution in [2.45, 2.75) is 12.3 Å². The second kappa shape index (κ2) is 8.23. The van der Waals surface area contributed by atoms with Gasteiger partial charge in [-0.3, -0.25) is 4.79 Å². The van der Waals surface area contributed by atoms with E-state index in [-0.39, 0.29) is 5.91 Å². The summed E-state index contributed by atoms with van der Waals surface area (Å²) in [5.74, 6) is 2.94. The van der Waals surface area contributed by atoms with Crippen molar-refractivity contribution < 1.29 is 4.79 Å². The minimum atomic E-state index is 0.192. The summed E-state index contributed by atoms with van der Waals surface area (Å²) in [6.07, 6.45) is 1.17. The van der Waals surface area contributed by atoms with E-state index in [1.54, 1.807) is 16.7 Å². The maximum Gasteiger partial charge on any atom is 0.232 e. The molecule has 22 heavy (non-hydrogen) atoms. The van der Waals surface area contributed by atoms with Crippen LogP contribution in [-0.2, 0) is 4.79 Å². The van der Waals surface area contributed by atoms with Crippen LogP contribution < -0.4 is 0 Å². The van der Waals surface area contributed by atoms with Gasteiger partial charge in [-0.2, -0.15) is 11.8 Å². The van der Waals surface area contributed by atoms with Gasteiger partial charge in [0.15, 0.2) is 0 Å². The maximum absolute atomic E-state index is 11.7. The van der Waals surface area contributed by atoms with Crippen LogP contribution in [0.25, 0.3) is 0 Å². The lowest BCUT2D eigenvalue weighted by atomic mass is 9.81. The van der Waals surface area contributed by atoms with Gasteiger partial charge in [-0.15, -0.1) is 0 Å². The number of amides is 1. The molecule has 1 saturated heterocycles. The van der Waals surface area contributed by atoms with Crippen molar-refractivity contribution in [1.82, 2.24) is 9.80 Å². The van der Waals surface area contributed by atoms with E-state index in [0.717, 1.165) is 23.9 Å². The molecule has 2 rings (SSSR count). The second-order valence-electron chi connectivity index (χ2n) is 6.27. The van der Waals surface area contributed by atoms with Gasteiger partial charge >= 0.3 is 0 Å². The molecule has 0 aliphatic carbocycles. The molecule has 0 bridgehead atoms. The number of rotatable bonds is 5. The molecule has 1 fully saturated rings. The highest BCUT2D eigenvalue weighted by atomic mass is 35.5. The number of benzene rings is 1. The molecule has 1 aromatic rings. The van der Waals surface area contributed by atoms with Crippen molar-refractivity contribution in [3.63, 3.8) is 0 Å². The Morgan fingerprint density at radius 2 is 2.05 bits per heavy atom. The molecule has 0 N–H and O–H groups in total. The Morgan fingerprint density at radius 3 is 2.68 bits per heavy atom. The van der Waals surface area contributed by atoms with Crippen LogP contribution in [0, 0.1) is 5.92 Å². The van der Waals surface area contributed by atoms with Crippen LogP contribution in [0.5, 0.6) is 0 Å². The number of likely N-dealkylation sites (tertiary alicyclic amines) is 1. The molecule has 122 valence electrons. The lowest BCUT2D eigenvalue weighted by Gasteiger charge is -2.37. The zero-order valence-electron chi connectivity index (χ0n) is 13.6. The van der Waals surface area contributed by atoms with Crippen molar-refractivity contribution in [2.24, 2.45) is 5.92 Å². The molecular formula is C17H25ClN2OS. The van der Waals surface area contributed by atoms with Crippen molar-refractivity contribution >= 4 is 29.3 Å². The van der Waals surface area contributed by atoms with Crippen LogP contribution in [0.1, 0.15) is 17.9 Å². The molecule has 1 aromatic carbocycles. The third-order valence-corrected chi connectivity index (χ3v) is 5.66. The molecule has 3 nitrogen and oxygen atoms in total. The molecule has 5 heteroatoms. The first-order valence-corrected chi connectivity index (χ1v) is 9.22. The van der Waals surface area contributed by atoms with E-state index in [2.05, 4.69) is 24.1 Å². The minimum Gasteiger partial charge on any atom is -0.348 e. The fourth-order valence-electron chi connectivity index (χ4n) is 2.96. The molecular weight excluding hydrogens is 316 g/mol. The third kappa shape index (κ3) is 4.90. The smallest absolute Gasteiger partial charge is 0.232 e. The summed E-state index contributed by atoms with van der Waals surface area (Å²) in [5.41, 5.74) is 1.38. The van der Waals surface area contributed by atoms with Gasteiger partial charge in [0.1, 0.15) is 0 Å². The highest BCUT2D eigenvalue weighted by Gasteiger charge is 2.29. The zero-order valence-corrected chi connectivity index (χ0v) is 15.2. The van der Waals surface area contributed by atoms with Gasteiger partial charge in [0.2, 0.25) is 5.91 Å². The van der Waals surface area contributed by atoms with Crippen molar-refractivity contribution in [3.05, 3.63) is 34.9 Å². The Labute approximate surface area is 143 Å². The Balaban J connectivity index is 1.97. The number of carbonyl (C=O) groups is 1. The van der Waals surface area contributed by atoms with E-state index in [0.29, 0.717) is 17.6 Å². The highest BCUT2D eigenvalue weighted by Crippen LogP contribution is 2.35. The van der Waals surface area contributed by atoms with Gasteiger partial charge in [-0.25, -0.2) is 0 Å². The molecule has 0 aromatic heterocycles. The number of carbonyl (C=O) groups excluding carboxylic acids is 1. The molecule has 0 saturated carbocycles. The summed E-state index contributed by atoms with van der Waals surface area (Å²) < 4.78 is 0. The molecule has 0 unspecified atom stereocenters. The summed E-state index contributed by atoms with van der Waals surface area (Å²) in [5, 5.41) is 0.791. The monoisotopic (exact) mass is 340 g/mol. The van der Waals surface area contributed by atoms with E-state index in [1.165, 1.54) is 12.0 Å². The topological polar surface area (TPSA) is 23.6 Å². The largest absolute Gasteiger partial charge is 0.348 e. The minimum absolute atomic E-state index is 0.192. The lowest BCUT2D eigenvalue weighted by molar-refractivity contribution is -0.125. The van der Waals surface area contributed by atoms with Crippen LogP contribution in [-0.4, -0.2) is 61.4 Å². The fourth-order valence-corrected chi connectivity index (χ4v) is 4.28. The fraction of sp³-hybridized carbons (Fsp3) is 0.588. The van der Waals surface area contributed by atoms with Crippen molar-refractivity contribution in [2.75, 3.05) is 45.7 Å². The quantitative estimate of drug-likeness (QED) is 0.822. The summed E-state index contributed by atoms with van der Waals surface area (Å²) in [6, 6.07) is 8.27. The molecule has 0 spiro atoms. The van der Waals surface area contributed by atoms with E-state index < -0.39 is 0 Å². The number of nitrogens with zero attached hydrogens (tertiary/aromatic N) is 2. The first-order chi connectivity index (χ1) is 10.5. The first kappa shape index (κ1) is 17.6. The van der Waals surface area contributed by atoms with Gasteiger partial charge in [-0.1, -0.05) is 23.7 Å². The predicted molar refractivity (Wildman–Crippen MR) is 95.8 cm³/mol. The van der Waals surface area contributed by atoms with E-state index in [1.807, 2.05) is 26.2 Å². The number of thioether (sulfide) groups is 1. The molecule has 1 heterocycles. The average molecular weight is 341 g/mol. The highest BCUT2D eigenvalue weighted by molar-refractivity contribution is 7.99. The SMILES string of the molecule is CN1CC[C@@H](c2ccc(Cl)cc2)[C@@H](CSCC(=O)N(C)C)C1. The Kier molecular flexibility index (Phi) is 6.60. The second-order valence-corrected chi connectivity index (χ2v) is 7.74. The number of hydrogen-bond acceptors (Lipinski definition) is 3. The molecule has 1 aliphatic heterocycles. The van der Waals surface area contributed by atoms with Crippen molar-refractivity contribution in [1.29, 1.82) is 0 Å². The van der Waals surface area contributed by atoms with Gasteiger partial charge in [0.05, 0.1) is 5.75 Å². The number of halogens is 1. The van der Waals surface area contributed by atoms with Crippen LogP contribution in [0.4, 0.5) is 0 Å². The maximum atomic E-state index is 11.7. The summed E-state index contributed by atoms with van der Waals surface area (Å²) >= 11 is 7.76. The molecule has 1 amide bonds. The first-order valence-electron chi connectivity index (χ1n) is 7.69. The third-order valence-electron chi connectivity index (χ3n) is 4.29. The van der Waals surface area contributed by atoms with Crippen molar-refractivity contribution in [3.8, 4) is 0 Å². The van der Waals surface area contributed by atoms with Gasteiger partial charge in [-0.05, 0) is 55.3 Å². The van der Waals surface area contributed by atoms with Crippen LogP contribution in [0.3, 0.4) is 0 Å². The Morgan fingerprint density at radius 1 is 1.36 bits per heavy atom. The normalized spacial score (nSPS) is 22.5. The standard InChI is InChI=1S/C17H25ClN2OS/c1-19(2)17(21)12-22-11-14-10-20(3)9-8-16(14)13-4-6-15(18)7-5-13/h4-7,14,16H,8-12H2,1-3H3/t14-,16+/m1/s1. The van der Waals surface area contributed by atoms with Crippen LogP contribution in [0.2, 0.25) is 5.02 Å². The zero-order chi connectivity index (χ0) is 16.1. The van der Waals surface area contributed by atoms with E-state index in [4.69, 9.17) is 11.6 Å². The van der Waals surface area contributed by atoms with E-state index >= 15 is 0 Å². The Bertz CT molecular complexity index is 492. The summed E-state index contributed by atoms with van der Waals surface area (Å²) in [4.78, 5) is 15.8. The number of hydrogen-bond donors (Lipinski definition) is 0.